The lowest BCUT2D eigenvalue weighted by molar-refractivity contribution is 0.107. The Bertz CT molecular complexity index is 1870. The number of fused-ring (bicyclic) bond motifs is 4. The number of anilines is 1. The largest absolute Gasteiger partial charge is 0.493 e. The molecular formula is C32H32F4N6O2. The predicted molar refractivity (Wildman–Crippen MR) is 156 cm³/mol. The van der Waals surface area contributed by atoms with Crippen molar-refractivity contribution in [1.29, 1.82) is 0 Å². The van der Waals surface area contributed by atoms with Crippen molar-refractivity contribution in [3.05, 3.63) is 42.4 Å². The van der Waals surface area contributed by atoms with Gasteiger partial charge in [-0.15, -0.1) is 0 Å². The van der Waals surface area contributed by atoms with Gasteiger partial charge >= 0.3 is 6.01 Å². The lowest BCUT2D eigenvalue weighted by atomic mass is 9.95. The van der Waals surface area contributed by atoms with Gasteiger partial charge in [-0.05, 0) is 44.4 Å². The number of ether oxygens (including phenoxy) is 2. The second-order valence-corrected chi connectivity index (χ2v) is 12.3. The van der Waals surface area contributed by atoms with Crippen molar-refractivity contribution in [3.8, 4) is 23.0 Å². The lowest BCUT2D eigenvalue weighted by Crippen LogP contribution is -2.43. The van der Waals surface area contributed by atoms with E-state index in [-0.39, 0.29) is 58.0 Å². The van der Waals surface area contributed by atoms with E-state index in [0.29, 0.717) is 31.3 Å². The Morgan fingerprint density at radius 3 is 2.84 bits per heavy atom. The summed E-state index contributed by atoms with van der Waals surface area (Å²) in [4.78, 5) is 21.2. The van der Waals surface area contributed by atoms with Crippen LogP contribution in [0.5, 0.6) is 11.8 Å². The van der Waals surface area contributed by atoms with Gasteiger partial charge in [0.05, 0.1) is 26.8 Å². The predicted octanol–water partition coefficient (Wildman–Crippen LogP) is 5.81. The summed E-state index contributed by atoms with van der Waals surface area (Å²) < 4.78 is 90.5. The molecule has 4 aromatic rings. The third-order valence-electron chi connectivity index (χ3n) is 9.72. The summed E-state index contributed by atoms with van der Waals surface area (Å²) in [7, 11) is 1.31. The zero-order valence-corrected chi connectivity index (χ0v) is 24.1. The van der Waals surface area contributed by atoms with E-state index < -0.39 is 48.1 Å². The zero-order valence-electron chi connectivity index (χ0n) is 26.1. The molecule has 1 saturated carbocycles. The normalized spacial score (nSPS) is 29.2. The molecule has 8 rings (SSSR count). The van der Waals surface area contributed by atoms with Crippen LogP contribution in [-0.4, -0.2) is 82.1 Å². The highest BCUT2D eigenvalue weighted by Crippen LogP contribution is 2.48. The molecule has 3 aliphatic heterocycles. The summed E-state index contributed by atoms with van der Waals surface area (Å²) >= 11 is 0. The molecule has 230 valence electrons. The fourth-order valence-corrected chi connectivity index (χ4v) is 7.57. The molecule has 0 bridgehead atoms. The minimum Gasteiger partial charge on any atom is -0.493 e. The lowest BCUT2D eigenvalue weighted by Gasteiger charge is -2.31. The van der Waals surface area contributed by atoms with Gasteiger partial charge in [0.25, 0.3) is 0 Å². The quantitative estimate of drug-likeness (QED) is 0.253. The molecule has 3 aromatic heterocycles. The van der Waals surface area contributed by atoms with Crippen LogP contribution in [0.15, 0.2) is 30.7 Å². The molecule has 4 fully saturated rings. The van der Waals surface area contributed by atoms with Crippen molar-refractivity contribution >= 4 is 27.5 Å². The summed E-state index contributed by atoms with van der Waals surface area (Å²) in [6.45, 7) is -1.33. The van der Waals surface area contributed by atoms with Crippen LogP contribution in [0.3, 0.4) is 0 Å². The number of benzene rings is 1. The number of nitrogens with zero attached hydrogens (tertiary/aromatic N) is 6. The second kappa shape index (κ2) is 10.4. The Morgan fingerprint density at radius 1 is 1.09 bits per heavy atom. The van der Waals surface area contributed by atoms with Crippen molar-refractivity contribution in [1.82, 2.24) is 24.8 Å². The van der Waals surface area contributed by atoms with Crippen molar-refractivity contribution in [3.63, 3.8) is 0 Å². The number of alkyl halides is 2. The van der Waals surface area contributed by atoms with Gasteiger partial charge in [0.2, 0.25) is 0 Å². The van der Waals surface area contributed by atoms with E-state index >= 15 is 8.78 Å². The van der Waals surface area contributed by atoms with Crippen LogP contribution in [0.2, 0.25) is 0 Å². The maximum absolute atomic E-state index is 16.8. The highest BCUT2D eigenvalue weighted by atomic mass is 19.1. The minimum absolute atomic E-state index is 0.0469. The van der Waals surface area contributed by atoms with E-state index in [2.05, 4.69) is 19.9 Å². The Balaban J connectivity index is 1.31. The maximum Gasteiger partial charge on any atom is 0.319 e. The highest BCUT2D eigenvalue weighted by Gasteiger charge is 2.55. The molecule has 5 atom stereocenters. The minimum atomic E-state index is -2.42. The van der Waals surface area contributed by atoms with Crippen molar-refractivity contribution in [2.45, 2.75) is 62.4 Å². The Kier molecular flexibility index (Phi) is 6.03. The van der Waals surface area contributed by atoms with Crippen LogP contribution in [0, 0.1) is 17.6 Å². The van der Waals surface area contributed by atoms with Crippen LogP contribution in [0.4, 0.5) is 23.4 Å². The number of rotatable bonds is 6. The van der Waals surface area contributed by atoms with E-state index in [9.17, 15) is 8.78 Å². The number of halogens is 4. The Morgan fingerprint density at radius 2 is 1.98 bits per heavy atom. The van der Waals surface area contributed by atoms with Gasteiger partial charge in [0.15, 0.2) is 17.4 Å². The van der Waals surface area contributed by atoms with Crippen LogP contribution < -0.4 is 14.4 Å². The topological polar surface area (TPSA) is 76.5 Å². The maximum atomic E-state index is 16.8. The number of aromatic nitrogens is 4. The third-order valence-corrected chi connectivity index (χ3v) is 9.72. The first-order valence-corrected chi connectivity index (χ1v) is 15.1. The van der Waals surface area contributed by atoms with Crippen LogP contribution in [-0.2, 0) is 0 Å². The summed E-state index contributed by atoms with van der Waals surface area (Å²) in [5.74, 6) is -1.62. The molecule has 0 amide bonds. The molecular weight excluding hydrogens is 576 g/mol. The summed E-state index contributed by atoms with van der Waals surface area (Å²) in [5.41, 5.74) is -1.47. The fourth-order valence-electron chi connectivity index (χ4n) is 7.57. The molecule has 8 nitrogen and oxygen atoms in total. The van der Waals surface area contributed by atoms with E-state index in [1.807, 2.05) is 0 Å². The van der Waals surface area contributed by atoms with Gasteiger partial charge in [-0.3, -0.25) is 14.9 Å². The first-order chi connectivity index (χ1) is 22.1. The standard InChI is InChI=1S/C32H32F4N6O2/c1-43-29-22(34)7-6-17-12-37-13-20(23(17)29)26-25(36)27-21(14-38-26)30(42-10-3-2-5-19-24(35)28(19)42)40-31(39-27)44-16-32-8-4-9-41(32)15-18(33)11-32/h6-7,12-14,18-19,24,28H,2-5,8-11,15-16H2,1H3/t18-,19+,24+,28+,32+/m1/s1/i16D2. The fraction of sp³-hybridized carbons (Fsp3) is 0.500. The smallest absolute Gasteiger partial charge is 0.319 e. The monoisotopic (exact) mass is 610 g/mol. The van der Waals surface area contributed by atoms with E-state index in [1.165, 1.54) is 37.8 Å². The SMILES string of the molecule is [2H]C([2H])(Oc1nc(N2CCCC[C@H]3[C@H](F)[C@H]32)c2cnc(-c3cncc4ccc(F)c(OC)c34)c(F)c2n1)[C@@]12CCCN1C[C@H](F)C2. The molecule has 0 unspecified atom stereocenters. The van der Waals surface area contributed by atoms with Gasteiger partial charge in [0, 0.05) is 60.4 Å². The summed E-state index contributed by atoms with van der Waals surface area (Å²) in [5, 5.41) is 0.964. The Hall–Kier alpha value is -3.80. The van der Waals surface area contributed by atoms with Gasteiger partial charge in [-0.25, -0.2) is 17.6 Å². The molecule has 0 radical (unpaired) electrons. The zero-order chi connectivity index (χ0) is 32.0. The molecule has 3 saturated heterocycles. The summed E-state index contributed by atoms with van der Waals surface area (Å²) in [6.07, 6.45) is 5.31. The first-order valence-electron chi connectivity index (χ1n) is 16.1. The number of pyridine rings is 2. The number of hydrogen-bond donors (Lipinski definition) is 0. The average molecular weight is 611 g/mol. The van der Waals surface area contributed by atoms with Crippen molar-refractivity contribution < 1.29 is 29.8 Å². The molecule has 12 heteroatoms. The van der Waals surface area contributed by atoms with Gasteiger partial charge in [-0.2, -0.15) is 9.97 Å². The van der Waals surface area contributed by atoms with Crippen LogP contribution >= 0.6 is 0 Å². The van der Waals surface area contributed by atoms with Gasteiger partial charge < -0.3 is 14.4 Å². The van der Waals surface area contributed by atoms with E-state index in [0.717, 1.165) is 19.3 Å². The molecule has 0 N–H and O–H groups in total. The molecule has 1 aromatic carbocycles. The molecule has 0 spiro atoms. The van der Waals surface area contributed by atoms with E-state index in [4.69, 9.17) is 12.2 Å². The third kappa shape index (κ3) is 4.28. The molecule has 44 heavy (non-hydrogen) atoms. The van der Waals surface area contributed by atoms with Crippen LogP contribution in [0.1, 0.15) is 41.3 Å². The molecule has 6 heterocycles. The van der Waals surface area contributed by atoms with Crippen molar-refractivity contribution in [2.24, 2.45) is 5.92 Å². The van der Waals surface area contributed by atoms with Gasteiger partial charge in [0.1, 0.15) is 35.9 Å². The average Bonchev–Trinajstić information content (AvgIpc) is 3.39. The van der Waals surface area contributed by atoms with E-state index in [1.54, 1.807) is 9.80 Å². The molecule has 4 aliphatic rings. The first kappa shape index (κ1) is 25.5. The molecule has 1 aliphatic carbocycles. The highest BCUT2D eigenvalue weighted by molar-refractivity contribution is 6.01. The number of hydrogen-bond acceptors (Lipinski definition) is 8. The second-order valence-electron chi connectivity index (χ2n) is 12.3. The van der Waals surface area contributed by atoms with Crippen LogP contribution in [0.25, 0.3) is 32.9 Å². The summed E-state index contributed by atoms with van der Waals surface area (Å²) in [6, 6.07) is 1.84. The number of methoxy groups -OCH3 is 1. The van der Waals surface area contributed by atoms with Crippen molar-refractivity contribution in [2.75, 3.05) is 38.2 Å². The van der Waals surface area contributed by atoms with Gasteiger partial charge in [-0.1, -0.05) is 6.42 Å². The Labute approximate surface area is 254 Å².